The normalized spacial score (nSPS) is 12.6. The van der Waals surface area contributed by atoms with Gasteiger partial charge in [0.1, 0.15) is 17.3 Å². The Labute approximate surface area is 221 Å². The summed E-state index contributed by atoms with van der Waals surface area (Å²) in [5, 5.41) is 20.0. The van der Waals surface area contributed by atoms with Gasteiger partial charge in [-0.15, -0.1) is 17.0 Å². The van der Waals surface area contributed by atoms with Crippen LogP contribution in [0.4, 0.5) is 0 Å². The number of methoxy groups -OCH3 is 1. The molecule has 0 unspecified atom stereocenters. The molecule has 0 radical (unpaired) electrons. The number of aryl methyl sites for hydroxylation is 1. The molecule has 1 amide bonds. The number of rotatable bonds is 9. The summed E-state index contributed by atoms with van der Waals surface area (Å²) < 4.78 is 5.56. The van der Waals surface area contributed by atoms with Crippen LogP contribution in [-0.2, 0) is 23.2 Å². The van der Waals surface area contributed by atoms with Crippen molar-refractivity contribution < 1.29 is 24.2 Å². The van der Waals surface area contributed by atoms with E-state index in [0.717, 1.165) is 17.7 Å². The summed E-state index contributed by atoms with van der Waals surface area (Å²) in [5.74, 6) is -1.22. The van der Waals surface area contributed by atoms with Crippen molar-refractivity contribution in [3.63, 3.8) is 0 Å². The molecule has 1 aromatic heterocycles. The maximum atomic E-state index is 13.4. The third-order valence-electron chi connectivity index (χ3n) is 5.93. The number of halogens is 1. The number of hydrogen-bond acceptors (Lipinski definition) is 6. The number of carboxylic acid groups (broad SMARTS) is 1. The first kappa shape index (κ1) is 29.0. The number of carbonyl (C=O) groups is 3. The molecule has 3 rings (SSSR count). The lowest BCUT2D eigenvalue weighted by Gasteiger charge is -2.25. The van der Waals surface area contributed by atoms with Gasteiger partial charge in [-0.2, -0.15) is 0 Å². The van der Waals surface area contributed by atoms with Crippen LogP contribution in [0.5, 0.6) is 5.75 Å². The van der Waals surface area contributed by atoms with E-state index in [1.807, 2.05) is 39.8 Å². The highest BCUT2D eigenvalue weighted by atomic mass is 79.9. The minimum Gasteiger partial charge on any atom is -0.496 e. The molecule has 0 aliphatic carbocycles. The number of Topliss-reactive ketones (excluding diaryl/α,β-unsaturated/α-hetero) is 1. The lowest BCUT2D eigenvalue weighted by molar-refractivity contribution is -0.136. The number of pyridine rings is 1. The second kappa shape index (κ2) is 11.6. The monoisotopic (exact) mass is 560 g/mol. The van der Waals surface area contributed by atoms with Gasteiger partial charge in [-0.1, -0.05) is 33.8 Å². The second-order valence-corrected chi connectivity index (χ2v) is 9.55. The number of nitrogens with zero attached hydrogens (tertiary/aromatic N) is 2. The van der Waals surface area contributed by atoms with Crippen LogP contribution in [0.2, 0.25) is 0 Å². The Kier molecular flexibility index (Phi) is 9.37. The van der Waals surface area contributed by atoms with E-state index in [-0.39, 0.29) is 53.7 Å². The second-order valence-electron chi connectivity index (χ2n) is 9.55. The minimum absolute atomic E-state index is 0. The Bertz CT molecular complexity index is 1190. The van der Waals surface area contributed by atoms with Gasteiger partial charge in [-0.25, -0.2) is 4.98 Å². The van der Waals surface area contributed by atoms with Crippen molar-refractivity contribution in [2.75, 3.05) is 20.2 Å². The molecule has 0 fully saturated rings. The summed E-state index contributed by atoms with van der Waals surface area (Å²) in [6.45, 7) is 8.20. The molecule has 0 bridgehead atoms. The summed E-state index contributed by atoms with van der Waals surface area (Å²) in [6, 6.07) is 7.10. The lowest BCUT2D eigenvalue weighted by Crippen LogP contribution is -2.31. The number of aromatic nitrogens is 1. The average Bonchev–Trinajstić information content (AvgIpc) is 3.11. The molecule has 10 heteroatoms. The summed E-state index contributed by atoms with van der Waals surface area (Å²) in [5.41, 5.74) is 3.14. The van der Waals surface area contributed by atoms with Gasteiger partial charge >= 0.3 is 5.97 Å². The van der Waals surface area contributed by atoms with Gasteiger partial charge < -0.3 is 20.1 Å². The van der Waals surface area contributed by atoms with E-state index in [2.05, 4.69) is 10.3 Å². The Balaban J connectivity index is 0.00000456. The van der Waals surface area contributed by atoms with Gasteiger partial charge in [0, 0.05) is 35.5 Å². The smallest absolute Gasteiger partial charge is 0.305 e. The van der Waals surface area contributed by atoms with Gasteiger partial charge in [0.15, 0.2) is 5.78 Å². The third kappa shape index (κ3) is 6.29. The number of carboxylic acids is 1. The molecule has 0 saturated carbocycles. The zero-order valence-corrected chi connectivity index (χ0v) is 22.9. The molecule has 2 heterocycles. The van der Waals surface area contributed by atoms with Crippen LogP contribution in [0.25, 0.3) is 0 Å². The lowest BCUT2D eigenvalue weighted by atomic mass is 9.83. The van der Waals surface area contributed by atoms with Crippen LogP contribution in [-0.4, -0.2) is 58.7 Å². The molecule has 36 heavy (non-hydrogen) atoms. The Morgan fingerprint density at radius 2 is 1.92 bits per heavy atom. The van der Waals surface area contributed by atoms with E-state index in [1.165, 1.54) is 13.2 Å². The first-order valence-corrected chi connectivity index (χ1v) is 11.5. The van der Waals surface area contributed by atoms with Crippen molar-refractivity contribution in [3.8, 4) is 5.75 Å². The molecule has 194 valence electrons. The first-order chi connectivity index (χ1) is 16.5. The molecule has 1 aromatic carbocycles. The maximum Gasteiger partial charge on any atom is 0.305 e. The maximum absolute atomic E-state index is 13.4. The van der Waals surface area contributed by atoms with Crippen molar-refractivity contribution in [2.45, 2.75) is 52.5 Å². The zero-order valence-electron chi connectivity index (χ0n) is 21.2. The summed E-state index contributed by atoms with van der Waals surface area (Å²) >= 11 is 0. The van der Waals surface area contributed by atoms with Crippen LogP contribution in [0.15, 0.2) is 24.3 Å². The van der Waals surface area contributed by atoms with E-state index < -0.39 is 17.3 Å². The number of amidine groups is 1. The van der Waals surface area contributed by atoms with Gasteiger partial charge in [0.05, 0.1) is 25.6 Å². The minimum atomic E-state index is -1.02. The third-order valence-corrected chi connectivity index (χ3v) is 5.93. The zero-order chi connectivity index (χ0) is 25.9. The Hall–Kier alpha value is -3.27. The molecule has 1 aliphatic rings. The van der Waals surface area contributed by atoms with E-state index in [9.17, 15) is 14.4 Å². The molecule has 9 nitrogen and oxygen atoms in total. The predicted molar refractivity (Wildman–Crippen MR) is 142 cm³/mol. The van der Waals surface area contributed by atoms with Gasteiger partial charge in [0.25, 0.3) is 5.91 Å². The van der Waals surface area contributed by atoms with E-state index in [1.54, 1.807) is 11.0 Å². The van der Waals surface area contributed by atoms with Crippen LogP contribution in [0, 0.1) is 5.41 Å². The first-order valence-electron chi connectivity index (χ1n) is 11.5. The molecule has 3 N–H and O–H groups in total. The fourth-order valence-corrected chi connectivity index (χ4v) is 4.01. The summed E-state index contributed by atoms with van der Waals surface area (Å²) in [7, 11) is 1.46. The highest BCUT2D eigenvalue weighted by Crippen LogP contribution is 2.36. The molecule has 1 aliphatic heterocycles. The number of ketones is 1. The van der Waals surface area contributed by atoms with E-state index in [4.69, 9.17) is 15.3 Å². The number of fused-ring (bicyclic) bond motifs is 1. The molecule has 0 spiro atoms. The standard InChI is InChI=1S/C26H32N4O5.BrH/c1-6-17-8-7-15-13-30(24(27)22(15)29-17)14-20(31)16-11-18(25(34)28-10-9-21(32)33)23(35-5)19(12-16)26(2,3)4;/h7-8,11-12,27H,6,9-10,13-14H2,1-5H3,(H,28,34)(H,32,33);1H. The van der Waals surface area contributed by atoms with Crippen molar-refractivity contribution in [1.82, 2.24) is 15.2 Å². The Morgan fingerprint density at radius 1 is 1.22 bits per heavy atom. The van der Waals surface area contributed by atoms with Crippen molar-refractivity contribution in [1.29, 1.82) is 5.41 Å². The van der Waals surface area contributed by atoms with Crippen LogP contribution in [0.1, 0.15) is 77.3 Å². The number of benzene rings is 1. The molecule has 0 atom stereocenters. The van der Waals surface area contributed by atoms with Gasteiger partial charge in [0.2, 0.25) is 0 Å². The molecular formula is C26H33BrN4O5. The number of nitrogens with one attached hydrogen (secondary N) is 2. The number of hydrogen-bond donors (Lipinski definition) is 3. The molecule has 0 saturated heterocycles. The van der Waals surface area contributed by atoms with Crippen molar-refractivity contribution in [2.24, 2.45) is 0 Å². The topological polar surface area (TPSA) is 133 Å². The molecular weight excluding hydrogens is 528 g/mol. The van der Waals surface area contributed by atoms with Crippen LogP contribution >= 0.6 is 17.0 Å². The van der Waals surface area contributed by atoms with Crippen molar-refractivity contribution in [3.05, 3.63) is 57.9 Å². The largest absolute Gasteiger partial charge is 0.496 e. The van der Waals surface area contributed by atoms with E-state index in [0.29, 0.717) is 29.1 Å². The quantitative estimate of drug-likeness (QED) is 0.397. The van der Waals surface area contributed by atoms with Crippen LogP contribution in [0.3, 0.4) is 0 Å². The summed E-state index contributed by atoms with van der Waals surface area (Å²) in [4.78, 5) is 43.3. The fourth-order valence-electron chi connectivity index (χ4n) is 4.01. The molecule has 2 aromatic rings. The average molecular weight is 561 g/mol. The fraction of sp³-hybridized carbons (Fsp3) is 0.423. The highest BCUT2D eigenvalue weighted by Gasteiger charge is 2.30. The van der Waals surface area contributed by atoms with E-state index >= 15 is 0 Å². The number of carbonyl (C=O) groups excluding carboxylic acids is 2. The Morgan fingerprint density at radius 3 is 2.50 bits per heavy atom. The van der Waals surface area contributed by atoms with Crippen LogP contribution < -0.4 is 10.1 Å². The summed E-state index contributed by atoms with van der Waals surface area (Å²) in [6.07, 6.45) is 0.544. The predicted octanol–water partition coefficient (Wildman–Crippen LogP) is 3.76. The number of amides is 1. The van der Waals surface area contributed by atoms with Crippen molar-refractivity contribution >= 4 is 40.5 Å². The highest BCUT2D eigenvalue weighted by molar-refractivity contribution is 8.93. The van der Waals surface area contributed by atoms with Gasteiger partial charge in [-0.05, 0) is 30.0 Å². The number of aliphatic carboxylic acids is 1. The number of ether oxygens (including phenoxy) is 1. The van der Waals surface area contributed by atoms with Gasteiger partial charge in [-0.3, -0.25) is 19.8 Å². The SMILES string of the molecule is Br.CCc1ccc2c(n1)C(=N)N(CC(=O)c1cc(C(=O)NCCC(=O)O)c(OC)c(C(C)(C)C)c1)C2.